The average molecular weight is 238 g/mol. The van der Waals surface area contributed by atoms with Crippen LogP contribution in [0, 0.1) is 11.3 Å². The highest BCUT2D eigenvalue weighted by Gasteiger charge is 2.08. The van der Waals surface area contributed by atoms with Crippen LogP contribution in [0.4, 0.5) is 5.69 Å². The van der Waals surface area contributed by atoms with Gasteiger partial charge in [0.1, 0.15) is 6.42 Å². The Hall–Kier alpha value is -1.87. The Labute approximate surface area is 93.6 Å². The van der Waals surface area contributed by atoms with E-state index in [9.17, 15) is 13.2 Å². The first-order chi connectivity index (χ1) is 7.43. The number of carbonyl (C=O) groups is 1. The molecule has 1 rings (SSSR count). The van der Waals surface area contributed by atoms with Crippen LogP contribution < -0.4 is 5.32 Å². The first-order valence-corrected chi connectivity index (χ1v) is 6.29. The minimum absolute atomic E-state index is 0.127. The van der Waals surface area contributed by atoms with Crippen molar-refractivity contribution in [2.75, 3.05) is 11.6 Å². The van der Waals surface area contributed by atoms with Gasteiger partial charge in [-0.1, -0.05) is 6.07 Å². The molecule has 0 saturated heterocycles. The van der Waals surface area contributed by atoms with Gasteiger partial charge in [0.2, 0.25) is 5.91 Å². The molecular weight excluding hydrogens is 228 g/mol. The Morgan fingerprint density at radius 3 is 2.75 bits per heavy atom. The van der Waals surface area contributed by atoms with E-state index < -0.39 is 15.7 Å². The molecule has 0 aliphatic carbocycles. The molecule has 1 amide bonds. The highest BCUT2D eigenvalue weighted by atomic mass is 32.2. The molecule has 0 unspecified atom stereocenters. The van der Waals surface area contributed by atoms with Crippen LogP contribution in [0.5, 0.6) is 0 Å². The maximum absolute atomic E-state index is 11.2. The zero-order chi connectivity index (χ0) is 12.2. The third kappa shape index (κ3) is 3.37. The van der Waals surface area contributed by atoms with E-state index >= 15 is 0 Å². The number of rotatable bonds is 3. The molecule has 0 atom stereocenters. The summed E-state index contributed by atoms with van der Waals surface area (Å²) in [5.74, 6) is -0.465. The standard InChI is InChI=1S/C10H10N2O3S/c1-16(14,15)9-4-2-3-8(7-9)12-10(13)5-6-11/h2-4,7H,5H2,1H3,(H,12,13). The molecule has 0 aliphatic heterocycles. The smallest absolute Gasteiger partial charge is 0.238 e. The van der Waals surface area contributed by atoms with Crippen molar-refractivity contribution in [3.8, 4) is 6.07 Å². The van der Waals surface area contributed by atoms with Crippen molar-refractivity contribution < 1.29 is 13.2 Å². The molecule has 0 bridgehead atoms. The molecule has 16 heavy (non-hydrogen) atoms. The van der Waals surface area contributed by atoms with Gasteiger partial charge in [-0.25, -0.2) is 8.42 Å². The summed E-state index contributed by atoms with van der Waals surface area (Å²) in [4.78, 5) is 11.2. The van der Waals surface area contributed by atoms with Gasteiger partial charge in [-0.2, -0.15) is 5.26 Å². The molecule has 0 spiro atoms. The van der Waals surface area contributed by atoms with E-state index in [1.54, 1.807) is 12.1 Å². The van der Waals surface area contributed by atoms with Crippen LogP contribution in [0.2, 0.25) is 0 Å². The van der Waals surface area contributed by atoms with Gasteiger partial charge in [0.15, 0.2) is 9.84 Å². The van der Waals surface area contributed by atoms with Crippen molar-refractivity contribution >= 4 is 21.4 Å². The average Bonchev–Trinajstić information content (AvgIpc) is 2.17. The molecule has 6 heteroatoms. The number of hydrogen-bond acceptors (Lipinski definition) is 4. The van der Waals surface area contributed by atoms with Crippen LogP contribution in [-0.2, 0) is 14.6 Å². The summed E-state index contributed by atoms with van der Waals surface area (Å²) in [5, 5.41) is 10.7. The lowest BCUT2D eigenvalue weighted by atomic mass is 10.3. The lowest BCUT2D eigenvalue weighted by Crippen LogP contribution is -2.10. The van der Waals surface area contributed by atoms with Gasteiger partial charge in [0.05, 0.1) is 11.0 Å². The summed E-state index contributed by atoms with van der Waals surface area (Å²) in [7, 11) is -3.29. The van der Waals surface area contributed by atoms with Crippen LogP contribution >= 0.6 is 0 Å². The van der Waals surface area contributed by atoms with Gasteiger partial charge >= 0.3 is 0 Å². The van der Waals surface area contributed by atoms with Crippen LogP contribution in [0.3, 0.4) is 0 Å². The van der Waals surface area contributed by atoms with E-state index in [0.717, 1.165) is 6.26 Å². The van der Waals surface area contributed by atoms with Crippen molar-refractivity contribution in [1.29, 1.82) is 5.26 Å². The van der Waals surface area contributed by atoms with Crippen molar-refractivity contribution in [1.82, 2.24) is 0 Å². The molecule has 84 valence electrons. The highest BCUT2D eigenvalue weighted by molar-refractivity contribution is 7.90. The number of sulfone groups is 1. The van der Waals surface area contributed by atoms with Crippen molar-refractivity contribution in [3.05, 3.63) is 24.3 Å². The molecule has 1 aromatic carbocycles. The summed E-state index contributed by atoms with van der Waals surface area (Å²) < 4.78 is 22.5. The highest BCUT2D eigenvalue weighted by Crippen LogP contribution is 2.15. The van der Waals surface area contributed by atoms with Crippen LogP contribution in [0.1, 0.15) is 6.42 Å². The minimum atomic E-state index is -3.29. The van der Waals surface area contributed by atoms with Gasteiger partial charge < -0.3 is 5.32 Å². The number of nitrogens with zero attached hydrogens (tertiary/aromatic N) is 1. The summed E-state index contributed by atoms with van der Waals surface area (Å²) in [6.45, 7) is 0. The van der Waals surface area contributed by atoms with Gasteiger partial charge in [0, 0.05) is 11.9 Å². The van der Waals surface area contributed by atoms with Crippen molar-refractivity contribution in [2.45, 2.75) is 11.3 Å². The van der Waals surface area contributed by atoms with Gasteiger partial charge in [-0.05, 0) is 18.2 Å². The first kappa shape index (κ1) is 12.2. The Morgan fingerprint density at radius 2 is 2.19 bits per heavy atom. The molecule has 0 fully saturated rings. The molecule has 5 nitrogen and oxygen atoms in total. The lowest BCUT2D eigenvalue weighted by molar-refractivity contribution is -0.115. The fourth-order valence-corrected chi connectivity index (χ4v) is 1.75. The number of carbonyl (C=O) groups excluding carboxylic acids is 1. The third-order valence-electron chi connectivity index (χ3n) is 1.79. The molecule has 1 N–H and O–H groups in total. The summed E-state index contributed by atoms with van der Waals surface area (Å²) >= 11 is 0. The number of benzene rings is 1. The molecule has 0 aliphatic rings. The van der Waals surface area contributed by atoms with E-state index in [2.05, 4.69) is 5.32 Å². The Morgan fingerprint density at radius 1 is 1.50 bits per heavy atom. The van der Waals surface area contributed by atoms with Crippen molar-refractivity contribution in [3.63, 3.8) is 0 Å². The van der Waals surface area contributed by atoms with Gasteiger partial charge in [-0.3, -0.25) is 4.79 Å². The van der Waals surface area contributed by atoms with E-state index in [4.69, 9.17) is 5.26 Å². The van der Waals surface area contributed by atoms with Crippen LogP contribution in [0.25, 0.3) is 0 Å². The monoisotopic (exact) mass is 238 g/mol. The van der Waals surface area contributed by atoms with E-state index in [1.165, 1.54) is 18.2 Å². The number of nitrogens with one attached hydrogen (secondary N) is 1. The summed E-state index contributed by atoms with van der Waals surface area (Å²) in [6, 6.07) is 7.58. The first-order valence-electron chi connectivity index (χ1n) is 4.40. The molecule has 0 heterocycles. The molecule has 0 saturated carbocycles. The van der Waals surface area contributed by atoms with E-state index in [0.29, 0.717) is 5.69 Å². The third-order valence-corrected chi connectivity index (χ3v) is 2.90. The maximum Gasteiger partial charge on any atom is 0.238 e. The quantitative estimate of drug-likeness (QED) is 0.849. The second-order valence-corrected chi connectivity index (χ2v) is 5.20. The fraction of sp³-hybridized carbons (Fsp3) is 0.200. The zero-order valence-electron chi connectivity index (χ0n) is 8.60. The van der Waals surface area contributed by atoms with Crippen molar-refractivity contribution in [2.24, 2.45) is 0 Å². The van der Waals surface area contributed by atoms with Crippen LogP contribution in [-0.4, -0.2) is 20.6 Å². The normalized spacial score (nSPS) is 10.5. The maximum atomic E-state index is 11.2. The second kappa shape index (κ2) is 4.77. The molecule has 0 aromatic heterocycles. The largest absolute Gasteiger partial charge is 0.325 e. The number of anilines is 1. The Bertz CT molecular complexity index is 543. The molecular formula is C10H10N2O3S. The summed E-state index contributed by atoms with van der Waals surface area (Å²) in [6.07, 6.45) is 0.826. The van der Waals surface area contributed by atoms with Gasteiger partial charge in [-0.15, -0.1) is 0 Å². The van der Waals surface area contributed by atoms with E-state index in [-0.39, 0.29) is 11.3 Å². The lowest BCUT2D eigenvalue weighted by Gasteiger charge is -2.04. The van der Waals surface area contributed by atoms with Crippen LogP contribution in [0.15, 0.2) is 29.2 Å². The number of nitriles is 1. The Kier molecular flexibility index (Phi) is 3.64. The zero-order valence-corrected chi connectivity index (χ0v) is 9.41. The predicted octanol–water partition coefficient (Wildman–Crippen LogP) is 0.942. The summed E-state index contributed by atoms with van der Waals surface area (Å²) in [5.41, 5.74) is 0.364. The molecule has 1 aromatic rings. The van der Waals surface area contributed by atoms with E-state index in [1.807, 2.05) is 0 Å². The Balaban J connectivity index is 2.93. The minimum Gasteiger partial charge on any atom is -0.325 e. The van der Waals surface area contributed by atoms with Gasteiger partial charge in [0.25, 0.3) is 0 Å². The number of amides is 1. The number of hydrogen-bond donors (Lipinski definition) is 1. The molecule has 0 radical (unpaired) electrons. The second-order valence-electron chi connectivity index (χ2n) is 3.18. The topological polar surface area (TPSA) is 87.0 Å². The fourth-order valence-electron chi connectivity index (χ4n) is 1.08. The SMILES string of the molecule is CS(=O)(=O)c1cccc(NC(=O)CC#N)c1. The predicted molar refractivity (Wildman–Crippen MR) is 58.4 cm³/mol.